The van der Waals surface area contributed by atoms with E-state index in [9.17, 15) is 5.11 Å². The fourth-order valence-electron chi connectivity index (χ4n) is 3.47. The Morgan fingerprint density at radius 2 is 1.92 bits per heavy atom. The monoisotopic (exact) mass is 550 g/mol. The zero-order chi connectivity index (χ0) is 28.1. The third kappa shape index (κ3) is 14.9. The van der Waals surface area contributed by atoms with E-state index in [1.54, 1.807) is 20.2 Å². The van der Waals surface area contributed by atoms with Gasteiger partial charge in [0.05, 0.1) is 31.6 Å². The highest BCUT2D eigenvalue weighted by atomic mass is 35.5. The van der Waals surface area contributed by atoms with Gasteiger partial charge in [0.1, 0.15) is 0 Å². The van der Waals surface area contributed by atoms with Crippen molar-refractivity contribution in [3.05, 3.63) is 71.8 Å². The lowest BCUT2D eigenvalue weighted by molar-refractivity contribution is 0.164. The van der Waals surface area contributed by atoms with E-state index in [0.29, 0.717) is 19.1 Å². The molecule has 0 aromatic heterocycles. The molecule has 206 valence electrons. The predicted octanol–water partition coefficient (Wildman–Crippen LogP) is 4.94. The van der Waals surface area contributed by atoms with Gasteiger partial charge in [-0.3, -0.25) is 15.2 Å². The summed E-state index contributed by atoms with van der Waals surface area (Å²) in [5, 5.41) is 28.4. The van der Waals surface area contributed by atoms with Gasteiger partial charge in [-0.2, -0.15) is 10.4 Å². The van der Waals surface area contributed by atoms with Gasteiger partial charge in [0.25, 0.3) is 0 Å². The molecule has 1 aromatic carbocycles. The summed E-state index contributed by atoms with van der Waals surface area (Å²) in [5.74, 6) is 0.556. The molecule has 1 unspecified atom stereocenters. The fraction of sp³-hybridized carbons (Fsp3) is 0.500. The molecular weight excluding hydrogens is 507 g/mol. The highest BCUT2D eigenvalue weighted by Gasteiger charge is 2.31. The molecule has 2 rings (SSSR count). The van der Waals surface area contributed by atoms with Crippen LogP contribution in [0.1, 0.15) is 32.3 Å². The second-order valence-electron chi connectivity index (χ2n) is 8.31. The lowest BCUT2D eigenvalue weighted by Gasteiger charge is -2.28. The molecule has 1 atom stereocenters. The summed E-state index contributed by atoms with van der Waals surface area (Å²) in [6.07, 6.45) is 9.51. The Morgan fingerprint density at radius 3 is 2.38 bits per heavy atom. The molecule has 0 spiro atoms. The minimum absolute atomic E-state index is 0.145. The molecule has 1 aliphatic rings. The van der Waals surface area contributed by atoms with Gasteiger partial charge in [0.15, 0.2) is 6.19 Å². The third-order valence-corrected chi connectivity index (χ3v) is 5.83. The van der Waals surface area contributed by atoms with E-state index in [0.717, 1.165) is 48.8 Å². The van der Waals surface area contributed by atoms with Crippen LogP contribution in [0.2, 0.25) is 5.02 Å². The topological polar surface area (TPSA) is 78.1 Å². The number of allylic oxidation sites excluding steroid dienone is 3. The van der Waals surface area contributed by atoms with Crippen LogP contribution in [0.15, 0.2) is 66.3 Å². The maximum absolute atomic E-state index is 9.44. The Bertz CT molecular complexity index is 864. The number of benzene rings is 1. The summed E-state index contributed by atoms with van der Waals surface area (Å²) < 4.78 is 0. The lowest BCUT2D eigenvalue weighted by Crippen LogP contribution is -2.45. The van der Waals surface area contributed by atoms with Gasteiger partial charge < -0.3 is 10.0 Å². The number of aliphatic hydroxyl groups excluding tert-OH is 1. The molecular formula is C28H44Cl2N6O. The standard InChI is InChI=1S/C22H33ClN4O.C3H5Cl.C3H6N2/c1-4-7-18(5-2)12-13-24-17-27-16-21(26(6-3)14-15-28)22(25-27)19-8-10-20(23)11-9-19;1-2-3-4;1-5(2)3-4/h4,7-11,21,24,28H,1,5-6,12-17H2,2-3H3;2H,1,3H2;1-2H3/b18-7+;;. The highest BCUT2D eigenvalue weighted by molar-refractivity contribution is 6.30. The summed E-state index contributed by atoms with van der Waals surface area (Å²) in [7, 11) is 3.39. The van der Waals surface area contributed by atoms with Crippen LogP contribution in [0, 0.1) is 11.5 Å². The van der Waals surface area contributed by atoms with Crippen LogP contribution in [0.5, 0.6) is 0 Å². The van der Waals surface area contributed by atoms with Crippen molar-refractivity contribution in [3.8, 4) is 6.19 Å². The van der Waals surface area contributed by atoms with Crippen molar-refractivity contribution in [1.82, 2.24) is 20.1 Å². The van der Waals surface area contributed by atoms with Crippen molar-refractivity contribution in [3.63, 3.8) is 0 Å². The number of likely N-dealkylation sites (N-methyl/N-ethyl adjacent to an activating group) is 1. The molecule has 37 heavy (non-hydrogen) atoms. The van der Waals surface area contributed by atoms with Gasteiger partial charge in [-0.1, -0.05) is 68.0 Å². The molecule has 0 bridgehead atoms. The fourth-order valence-corrected chi connectivity index (χ4v) is 3.60. The molecule has 1 aliphatic heterocycles. The minimum atomic E-state index is 0.145. The van der Waals surface area contributed by atoms with Crippen molar-refractivity contribution in [2.75, 3.05) is 59.4 Å². The van der Waals surface area contributed by atoms with Crippen molar-refractivity contribution >= 4 is 28.9 Å². The molecule has 1 heterocycles. The van der Waals surface area contributed by atoms with E-state index in [2.05, 4.69) is 48.3 Å². The van der Waals surface area contributed by atoms with Gasteiger partial charge >= 0.3 is 0 Å². The molecule has 1 aromatic rings. The number of hydrogen-bond donors (Lipinski definition) is 2. The normalized spacial score (nSPS) is 14.6. The van der Waals surface area contributed by atoms with Crippen molar-refractivity contribution in [1.29, 1.82) is 5.26 Å². The smallest absolute Gasteiger partial charge is 0.178 e. The van der Waals surface area contributed by atoms with Crippen LogP contribution < -0.4 is 5.32 Å². The minimum Gasteiger partial charge on any atom is -0.395 e. The second kappa shape index (κ2) is 21.7. The molecule has 0 fully saturated rings. The largest absolute Gasteiger partial charge is 0.395 e. The van der Waals surface area contributed by atoms with Crippen LogP contribution in [0.25, 0.3) is 0 Å². The average Bonchev–Trinajstić information content (AvgIpc) is 3.33. The molecule has 7 nitrogen and oxygen atoms in total. The maximum atomic E-state index is 9.44. The molecule has 2 N–H and O–H groups in total. The molecule has 0 radical (unpaired) electrons. The zero-order valence-electron chi connectivity index (χ0n) is 22.8. The van der Waals surface area contributed by atoms with E-state index in [4.69, 9.17) is 33.6 Å². The highest BCUT2D eigenvalue weighted by Crippen LogP contribution is 2.20. The number of hydrazone groups is 1. The van der Waals surface area contributed by atoms with Gasteiger partial charge in [-0.05, 0) is 37.1 Å². The number of halogens is 2. The molecule has 0 saturated heterocycles. The van der Waals surface area contributed by atoms with Crippen molar-refractivity contribution < 1.29 is 5.11 Å². The first-order valence-electron chi connectivity index (χ1n) is 12.5. The summed E-state index contributed by atoms with van der Waals surface area (Å²) in [4.78, 5) is 3.70. The third-order valence-electron chi connectivity index (χ3n) is 5.36. The van der Waals surface area contributed by atoms with Crippen LogP contribution in [-0.2, 0) is 0 Å². The van der Waals surface area contributed by atoms with Crippen molar-refractivity contribution in [2.45, 2.75) is 32.7 Å². The van der Waals surface area contributed by atoms with E-state index in [1.807, 2.05) is 36.5 Å². The summed E-state index contributed by atoms with van der Waals surface area (Å²) >= 11 is 11.1. The number of nitrogens with one attached hydrogen (secondary N) is 1. The predicted molar refractivity (Wildman–Crippen MR) is 159 cm³/mol. The van der Waals surface area contributed by atoms with E-state index in [-0.39, 0.29) is 12.6 Å². The SMILES string of the molecule is C=C/C=C(\CC)CCNCN1CC(N(CC)CCO)C(c2ccc(Cl)cc2)=N1.C=CCCl.CN(C)C#N. The Morgan fingerprint density at radius 1 is 1.30 bits per heavy atom. The maximum Gasteiger partial charge on any atom is 0.178 e. The second-order valence-corrected chi connectivity index (χ2v) is 9.05. The van der Waals surface area contributed by atoms with Crippen molar-refractivity contribution in [2.24, 2.45) is 5.10 Å². The Kier molecular flexibility index (Phi) is 20.3. The number of aliphatic hydroxyl groups is 1. The lowest BCUT2D eigenvalue weighted by atomic mass is 10.0. The quantitative estimate of drug-likeness (QED) is 0.0903. The van der Waals surface area contributed by atoms with Crippen LogP contribution in [0.4, 0.5) is 0 Å². The van der Waals surface area contributed by atoms with Crippen LogP contribution in [-0.4, -0.2) is 91.1 Å². The van der Waals surface area contributed by atoms with Crippen LogP contribution >= 0.6 is 23.2 Å². The van der Waals surface area contributed by atoms with Crippen LogP contribution in [0.3, 0.4) is 0 Å². The number of hydrogen-bond acceptors (Lipinski definition) is 7. The number of nitriles is 1. The summed E-state index contributed by atoms with van der Waals surface area (Å²) in [6.45, 7) is 15.5. The first-order valence-corrected chi connectivity index (χ1v) is 13.4. The Labute approximate surface area is 234 Å². The van der Waals surface area contributed by atoms with E-state index < -0.39 is 0 Å². The van der Waals surface area contributed by atoms with E-state index >= 15 is 0 Å². The van der Waals surface area contributed by atoms with Gasteiger partial charge in [0, 0.05) is 38.1 Å². The number of rotatable bonds is 13. The zero-order valence-corrected chi connectivity index (χ0v) is 24.3. The van der Waals surface area contributed by atoms with E-state index in [1.165, 1.54) is 10.5 Å². The Balaban J connectivity index is 0.00000124. The van der Waals surface area contributed by atoms with Gasteiger partial charge in [-0.15, -0.1) is 18.2 Å². The van der Waals surface area contributed by atoms with Gasteiger partial charge in [0.2, 0.25) is 0 Å². The van der Waals surface area contributed by atoms with Gasteiger partial charge in [-0.25, -0.2) is 0 Å². The summed E-state index contributed by atoms with van der Waals surface area (Å²) in [6, 6.07) is 8.00. The molecule has 0 aliphatic carbocycles. The number of nitrogens with zero attached hydrogens (tertiary/aromatic N) is 5. The molecule has 0 amide bonds. The molecule has 0 saturated carbocycles. The molecule has 9 heteroatoms. The summed E-state index contributed by atoms with van der Waals surface area (Å²) in [5.41, 5.74) is 3.51. The number of alkyl halides is 1. The first-order chi connectivity index (χ1) is 17.8. The first kappa shape index (κ1) is 34.7. The Hall–Kier alpha value is -2.34. The average molecular weight is 552 g/mol.